The van der Waals surface area contributed by atoms with Gasteiger partial charge in [-0.25, -0.2) is 13.1 Å². The zero-order valence-electron chi connectivity index (χ0n) is 13.6. The molecule has 2 aromatic rings. The Kier molecular flexibility index (Phi) is 5.68. The van der Waals surface area contributed by atoms with Crippen LogP contribution in [0.1, 0.15) is 36.7 Å². The summed E-state index contributed by atoms with van der Waals surface area (Å²) in [5, 5.41) is 3.64. The number of aromatic nitrogens is 2. The molecule has 0 aliphatic rings. The summed E-state index contributed by atoms with van der Waals surface area (Å²) in [5.74, 6) is 0.331. The van der Waals surface area contributed by atoms with E-state index < -0.39 is 22.1 Å². The van der Waals surface area contributed by atoms with Gasteiger partial charge in [-0.2, -0.15) is 4.98 Å². The normalized spacial score (nSPS) is 12.8. The number of carbonyl (C=O) groups excluding carboxylic acids is 1. The fourth-order valence-corrected chi connectivity index (χ4v) is 2.71. The molecule has 1 heterocycles. The molecule has 1 atom stereocenters. The van der Waals surface area contributed by atoms with E-state index in [0.717, 1.165) is 5.56 Å². The van der Waals surface area contributed by atoms with Crippen LogP contribution in [0, 0.1) is 6.92 Å². The van der Waals surface area contributed by atoms with Gasteiger partial charge in [-0.05, 0) is 45.0 Å². The van der Waals surface area contributed by atoms with Gasteiger partial charge in [0.2, 0.25) is 10.0 Å². The smallest absolute Gasteiger partial charge is 0.306 e. The molecule has 24 heavy (non-hydrogen) atoms. The number of esters is 1. The summed E-state index contributed by atoms with van der Waals surface area (Å²) >= 11 is 0. The van der Waals surface area contributed by atoms with Crippen LogP contribution in [-0.2, 0) is 26.0 Å². The second-order valence-corrected chi connectivity index (χ2v) is 7.05. The fourth-order valence-electron chi connectivity index (χ4n) is 1.98. The summed E-state index contributed by atoms with van der Waals surface area (Å²) in [4.78, 5) is 16.0. The van der Waals surface area contributed by atoms with Crippen molar-refractivity contribution >= 4 is 16.0 Å². The van der Waals surface area contributed by atoms with E-state index in [0.29, 0.717) is 12.2 Å². The predicted octanol–water partition coefficient (Wildman–Crippen LogP) is 1.52. The molecule has 130 valence electrons. The highest BCUT2D eigenvalue weighted by atomic mass is 32.2. The number of rotatable bonds is 7. The van der Waals surface area contributed by atoms with Crippen molar-refractivity contribution in [1.82, 2.24) is 14.9 Å². The molecule has 0 aliphatic carbocycles. The lowest BCUT2D eigenvalue weighted by Crippen LogP contribution is -2.18. The van der Waals surface area contributed by atoms with Gasteiger partial charge < -0.3 is 9.26 Å². The van der Waals surface area contributed by atoms with Gasteiger partial charge in [0.05, 0.1) is 4.90 Å². The van der Waals surface area contributed by atoms with Crippen LogP contribution in [0.3, 0.4) is 0 Å². The van der Waals surface area contributed by atoms with Crippen molar-refractivity contribution in [2.45, 2.75) is 37.7 Å². The van der Waals surface area contributed by atoms with E-state index in [4.69, 9.17) is 9.26 Å². The van der Waals surface area contributed by atoms with Crippen LogP contribution < -0.4 is 4.72 Å². The van der Waals surface area contributed by atoms with Crippen molar-refractivity contribution in [2.75, 3.05) is 7.05 Å². The monoisotopic (exact) mass is 353 g/mol. The summed E-state index contributed by atoms with van der Waals surface area (Å²) in [6.07, 6.45) is -0.00833. The summed E-state index contributed by atoms with van der Waals surface area (Å²) in [6, 6.07) is 6.33. The summed E-state index contributed by atoms with van der Waals surface area (Å²) in [7, 11) is -2.10. The van der Waals surface area contributed by atoms with Gasteiger partial charge in [-0.1, -0.05) is 17.3 Å². The molecule has 0 bridgehead atoms. The van der Waals surface area contributed by atoms with Crippen molar-refractivity contribution in [3.63, 3.8) is 0 Å². The van der Waals surface area contributed by atoms with Crippen LogP contribution in [-0.4, -0.2) is 31.6 Å². The Morgan fingerprint density at radius 1 is 1.33 bits per heavy atom. The maximum absolute atomic E-state index is 11.9. The minimum Gasteiger partial charge on any atom is -0.453 e. The first-order chi connectivity index (χ1) is 11.3. The van der Waals surface area contributed by atoms with Gasteiger partial charge in [0.1, 0.15) is 0 Å². The highest BCUT2D eigenvalue weighted by Gasteiger charge is 2.17. The molecule has 0 amide bonds. The number of hydrogen-bond acceptors (Lipinski definition) is 7. The highest BCUT2D eigenvalue weighted by Crippen LogP contribution is 2.16. The molecule has 9 heteroatoms. The molecule has 0 aliphatic heterocycles. The number of benzene rings is 1. The lowest BCUT2D eigenvalue weighted by molar-refractivity contribution is -0.149. The Hall–Kier alpha value is -2.26. The van der Waals surface area contributed by atoms with E-state index in [1.807, 2.05) is 0 Å². The molecular formula is C15H19N3O5S. The van der Waals surface area contributed by atoms with Gasteiger partial charge in [0.25, 0.3) is 5.89 Å². The Balaban J connectivity index is 1.87. The number of ether oxygens (including phenoxy) is 1. The first-order valence-electron chi connectivity index (χ1n) is 7.34. The first-order valence-corrected chi connectivity index (χ1v) is 8.82. The number of nitrogens with zero attached hydrogens (tertiary/aromatic N) is 2. The van der Waals surface area contributed by atoms with Crippen LogP contribution in [0.25, 0.3) is 0 Å². The van der Waals surface area contributed by atoms with Crippen LogP contribution in [0.15, 0.2) is 33.7 Å². The minimum atomic E-state index is -3.46. The highest BCUT2D eigenvalue weighted by molar-refractivity contribution is 7.89. The van der Waals surface area contributed by atoms with E-state index >= 15 is 0 Å². The van der Waals surface area contributed by atoms with Gasteiger partial charge in [-0.3, -0.25) is 4.79 Å². The van der Waals surface area contributed by atoms with Crippen molar-refractivity contribution < 1.29 is 22.5 Å². The molecule has 0 saturated carbocycles. The molecule has 0 saturated heterocycles. The van der Waals surface area contributed by atoms with Crippen molar-refractivity contribution in [2.24, 2.45) is 0 Å². The Labute approximate surface area is 140 Å². The van der Waals surface area contributed by atoms with Crippen molar-refractivity contribution in [1.29, 1.82) is 0 Å². The Morgan fingerprint density at radius 3 is 2.54 bits per heavy atom. The molecule has 0 fully saturated rings. The molecule has 0 spiro atoms. The molecule has 8 nitrogen and oxygen atoms in total. The SMILES string of the molecule is CNS(=O)(=O)c1ccc(CCC(=O)OC(C)c2nc(C)no2)cc1. The molecule has 2 rings (SSSR count). The summed E-state index contributed by atoms with van der Waals surface area (Å²) < 4.78 is 35.7. The standard InChI is InChI=1S/C15H19N3O5S/c1-10(15-17-11(2)18-23-15)22-14(19)9-6-12-4-7-13(8-5-12)24(20,21)16-3/h4-5,7-8,10,16H,6,9H2,1-3H3. The molecular weight excluding hydrogens is 334 g/mol. The molecule has 1 unspecified atom stereocenters. The van der Waals surface area contributed by atoms with E-state index in [9.17, 15) is 13.2 Å². The van der Waals surface area contributed by atoms with Crippen molar-refractivity contribution in [3.05, 3.63) is 41.5 Å². The number of carbonyl (C=O) groups is 1. The van der Waals surface area contributed by atoms with E-state index in [1.165, 1.54) is 19.2 Å². The minimum absolute atomic E-state index is 0.162. The molecule has 1 aromatic carbocycles. The molecule has 1 N–H and O–H groups in total. The zero-order chi connectivity index (χ0) is 17.7. The average molecular weight is 353 g/mol. The number of hydrogen-bond donors (Lipinski definition) is 1. The Bertz CT molecular complexity index is 799. The van der Waals surface area contributed by atoms with E-state index in [2.05, 4.69) is 14.9 Å². The lowest BCUT2D eigenvalue weighted by atomic mass is 10.1. The third-order valence-electron chi connectivity index (χ3n) is 3.32. The van der Waals surface area contributed by atoms with Gasteiger partial charge in [0.15, 0.2) is 11.9 Å². The number of sulfonamides is 1. The predicted molar refractivity (Wildman–Crippen MR) is 84.6 cm³/mol. The van der Waals surface area contributed by atoms with Crippen LogP contribution >= 0.6 is 0 Å². The van der Waals surface area contributed by atoms with Crippen LogP contribution in [0.2, 0.25) is 0 Å². The number of aryl methyl sites for hydroxylation is 2. The van der Waals surface area contributed by atoms with E-state index in [-0.39, 0.29) is 17.2 Å². The Morgan fingerprint density at radius 2 is 2.00 bits per heavy atom. The van der Waals surface area contributed by atoms with E-state index in [1.54, 1.807) is 26.0 Å². The maximum Gasteiger partial charge on any atom is 0.306 e. The van der Waals surface area contributed by atoms with Crippen LogP contribution in [0.4, 0.5) is 0 Å². The van der Waals surface area contributed by atoms with Crippen molar-refractivity contribution in [3.8, 4) is 0 Å². The maximum atomic E-state index is 11.9. The quantitative estimate of drug-likeness (QED) is 0.751. The largest absolute Gasteiger partial charge is 0.453 e. The van der Waals surface area contributed by atoms with Gasteiger partial charge in [-0.15, -0.1) is 0 Å². The third kappa shape index (κ3) is 4.62. The molecule has 1 aromatic heterocycles. The van der Waals surface area contributed by atoms with Gasteiger partial charge >= 0.3 is 5.97 Å². The van der Waals surface area contributed by atoms with Crippen LogP contribution in [0.5, 0.6) is 0 Å². The number of nitrogens with one attached hydrogen (secondary N) is 1. The summed E-state index contributed by atoms with van der Waals surface area (Å²) in [6.45, 7) is 3.34. The fraction of sp³-hybridized carbons (Fsp3) is 0.400. The molecule has 0 radical (unpaired) electrons. The second kappa shape index (κ2) is 7.54. The van der Waals surface area contributed by atoms with Gasteiger partial charge in [0, 0.05) is 6.42 Å². The topological polar surface area (TPSA) is 111 Å². The average Bonchev–Trinajstić information content (AvgIpc) is 3.00. The summed E-state index contributed by atoms with van der Waals surface area (Å²) in [5.41, 5.74) is 0.836. The first kappa shape index (κ1) is 18.1. The zero-order valence-corrected chi connectivity index (χ0v) is 14.5. The second-order valence-electron chi connectivity index (χ2n) is 5.16. The lowest BCUT2D eigenvalue weighted by Gasteiger charge is -2.09. The third-order valence-corrected chi connectivity index (χ3v) is 4.75.